The molecule has 0 amide bonds. The summed E-state index contributed by atoms with van der Waals surface area (Å²) in [5, 5.41) is 2.59. The lowest BCUT2D eigenvalue weighted by molar-refractivity contribution is 0.811. The maximum absolute atomic E-state index is 5.16. The molecule has 0 unspecified atom stereocenters. The van der Waals surface area contributed by atoms with Crippen LogP contribution in [-0.2, 0) is 0 Å². The van der Waals surface area contributed by atoms with Gasteiger partial charge in [0, 0.05) is 31.9 Å². The summed E-state index contributed by atoms with van der Waals surface area (Å²) in [5.41, 5.74) is 7.04. The number of hydrogen-bond donors (Lipinski definition) is 0. The van der Waals surface area contributed by atoms with Crippen molar-refractivity contribution >= 4 is 42.5 Å². The zero-order valence-electron chi connectivity index (χ0n) is 19.9. The molecule has 0 aliphatic carbocycles. The summed E-state index contributed by atoms with van der Waals surface area (Å²) >= 11 is 1.85. The molecule has 34 heavy (non-hydrogen) atoms. The fourth-order valence-electron chi connectivity index (χ4n) is 4.98. The maximum Gasteiger partial charge on any atom is 0.145 e. The molecular weight excluding hydrogens is 434 g/mol. The van der Waals surface area contributed by atoms with Gasteiger partial charge in [-0.3, -0.25) is 9.55 Å². The Hall–Kier alpha value is -3.50. The summed E-state index contributed by atoms with van der Waals surface area (Å²) < 4.78 is 4.97. The summed E-state index contributed by atoms with van der Waals surface area (Å²) in [6.07, 6.45) is 3.78. The van der Waals surface area contributed by atoms with Crippen LogP contribution in [0, 0.1) is 0 Å². The molecule has 6 rings (SSSR count). The summed E-state index contributed by atoms with van der Waals surface area (Å²) in [7, 11) is 0. The quantitative estimate of drug-likeness (QED) is 0.263. The summed E-state index contributed by atoms with van der Waals surface area (Å²) in [4.78, 5) is 9.64. The fraction of sp³-hybridized carbons (Fsp3) is 0.200. The summed E-state index contributed by atoms with van der Waals surface area (Å²) in [5.74, 6) is 1.74. The van der Waals surface area contributed by atoms with Crippen molar-refractivity contribution in [3.8, 4) is 17.1 Å². The highest BCUT2D eigenvalue weighted by atomic mass is 32.1. The number of thiophene rings is 1. The number of fused-ring (bicyclic) bond motifs is 4. The van der Waals surface area contributed by atoms with Gasteiger partial charge in [-0.1, -0.05) is 64.1 Å². The monoisotopic (exact) mass is 461 g/mol. The maximum atomic E-state index is 5.16. The largest absolute Gasteiger partial charge is 0.290 e. The Morgan fingerprint density at radius 2 is 1.50 bits per heavy atom. The second kappa shape index (κ2) is 8.07. The lowest BCUT2D eigenvalue weighted by Gasteiger charge is -2.22. The smallest absolute Gasteiger partial charge is 0.145 e. The molecule has 3 heterocycles. The van der Waals surface area contributed by atoms with Crippen LogP contribution in [0.1, 0.15) is 50.7 Å². The predicted octanol–water partition coefficient (Wildman–Crippen LogP) is 8.70. The molecule has 6 aromatic rings. The number of hydrogen-bond acceptors (Lipinski definition) is 3. The van der Waals surface area contributed by atoms with Gasteiger partial charge in [0.25, 0.3) is 0 Å². The van der Waals surface area contributed by atoms with Crippen LogP contribution in [0.2, 0.25) is 0 Å². The number of rotatable bonds is 4. The van der Waals surface area contributed by atoms with E-state index in [2.05, 4.69) is 97.9 Å². The van der Waals surface area contributed by atoms with Gasteiger partial charge in [-0.15, -0.1) is 11.3 Å². The number of nitrogens with zero attached hydrogens (tertiary/aromatic N) is 3. The lowest BCUT2D eigenvalue weighted by atomic mass is 9.92. The molecule has 0 radical (unpaired) electrons. The predicted molar refractivity (Wildman–Crippen MR) is 145 cm³/mol. The Kier molecular flexibility index (Phi) is 5.00. The van der Waals surface area contributed by atoms with E-state index in [-0.39, 0.29) is 0 Å². The van der Waals surface area contributed by atoms with E-state index in [1.807, 2.05) is 29.8 Å². The summed E-state index contributed by atoms with van der Waals surface area (Å²) in [6.45, 7) is 9.07. The average Bonchev–Trinajstić information content (AvgIpc) is 3.41. The van der Waals surface area contributed by atoms with Gasteiger partial charge in [-0.25, -0.2) is 4.98 Å². The Labute approximate surface area is 203 Å². The van der Waals surface area contributed by atoms with Crippen molar-refractivity contribution in [1.82, 2.24) is 14.5 Å². The first kappa shape index (κ1) is 21.1. The van der Waals surface area contributed by atoms with E-state index in [0.29, 0.717) is 11.8 Å². The number of imidazole rings is 1. The average molecular weight is 462 g/mol. The Balaban J connectivity index is 1.71. The van der Waals surface area contributed by atoms with E-state index in [0.717, 1.165) is 22.4 Å². The molecule has 0 bridgehead atoms. The highest BCUT2D eigenvalue weighted by molar-refractivity contribution is 7.25. The van der Waals surface area contributed by atoms with Crippen LogP contribution >= 0.6 is 11.3 Å². The van der Waals surface area contributed by atoms with Gasteiger partial charge in [0.2, 0.25) is 0 Å². The molecular formula is C30H27N3S. The zero-order chi connectivity index (χ0) is 23.4. The molecule has 0 saturated carbocycles. The highest BCUT2D eigenvalue weighted by Gasteiger charge is 2.22. The standard InChI is InChI=1S/C30H27N3S/c1-18(2)21-9-7-10-22(19(3)4)29(21)33-26-17-31-15-14-25(26)32-30(33)20-12-13-28-24(16-20)23-8-5-6-11-27(23)34-28/h5-19H,1-4H3. The number of benzene rings is 3. The molecule has 0 aliphatic heterocycles. The first-order chi connectivity index (χ1) is 16.5. The van der Waals surface area contributed by atoms with Crippen molar-refractivity contribution in [2.45, 2.75) is 39.5 Å². The lowest BCUT2D eigenvalue weighted by Crippen LogP contribution is -2.08. The van der Waals surface area contributed by atoms with Crippen LogP contribution < -0.4 is 0 Å². The van der Waals surface area contributed by atoms with Crippen molar-refractivity contribution in [3.63, 3.8) is 0 Å². The fourth-order valence-corrected chi connectivity index (χ4v) is 6.07. The third kappa shape index (κ3) is 3.24. The van der Waals surface area contributed by atoms with Gasteiger partial charge in [0.15, 0.2) is 0 Å². The normalized spacial score (nSPS) is 12.1. The molecule has 0 saturated heterocycles. The minimum atomic E-state index is 0.388. The van der Waals surface area contributed by atoms with E-state index in [1.165, 1.54) is 37.0 Å². The van der Waals surface area contributed by atoms with Crippen molar-refractivity contribution < 1.29 is 0 Å². The van der Waals surface area contributed by atoms with E-state index in [4.69, 9.17) is 4.98 Å². The van der Waals surface area contributed by atoms with Gasteiger partial charge >= 0.3 is 0 Å². The van der Waals surface area contributed by atoms with Gasteiger partial charge in [-0.05, 0) is 53.3 Å². The molecule has 0 aliphatic rings. The van der Waals surface area contributed by atoms with Crippen LogP contribution in [0.4, 0.5) is 0 Å². The SMILES string of the molecule is CC(C)c1cccc(C(C)C)c1-n1c(-c2ccc3sc4ccccc4c3c2)nc2ccncc21. The molecule has 3 aromatic heterocycles. The zero-order valence-corrected chi connectivity index (χ0v) is 20.7. The van der Waals surface area contributed by atoms with E-state index in [1.54, 1.807) is 0 Å². The molecule has 3 nitrogen and oxygen atoms in total. The summed E-state index contributed by atoms with van der Waals surface area (Å²) in [6, 6.07) is 24.1. The van der Waals surface area contributed by atoms with Crippen LogP contribution in [0.25, 0.3) is 48.3 Å². The molecule has 0 N–H and O–H groups in total. The van der Waals surface area contributed by atoms with Gasteiger partial charge < -0.3 is 0 Å². The van der Waals surface area contributed by atoms with Crippen LogP contribution in [0.3, 0.4) is 0 Å². The Morgan fingerprint density at radius 1 is 0.765 bits per heavy atom. The molecule has 168 valence electrons. The van der Waals surface area contributed by atoms with E-state index >= 15 is 0 Å². The van der Waals surface area contributed by atoms with Crippen molar-refractivity contribution in [2.75, 3.05) is 0 Å². The number of para-hydroxylation sites is 1. The van der Waals surface area contributed by atoms with Crippen LogP contribution in [0.5, 0.6) is 0 Å². The Bertz CT molecular complexity index is 1640. The second-order valence-electron chi connectivity index (χ2n) is 9.54. The molecule has 3 aromatic carbocycles. The molecule has 4 heteroatoms. The van der Waals surface area contributed by atoms with Gasteiger partial charge in [0.1, 0.15) is 5.82 Å². The third-order valence-corrected chi connectivity index (χ3v) is 7.81. The molecule has 0 fully saturated rings. The molecule has 0 spiro atoms. The minimum Gasteiger partial charge on any atom is -0.290 e. The van der Waals surface area contributed by atoms with Crippen LogP contribution in [0.15, 0.2) is 79.1 Å². The number of aromatic nitrogens is 3. The van der Waals surface area contributed by atoms with E-state index < -0.39 is 0 Å². The van der Waals surface area contributed by atoms with Crippen molar-refractivity contribution in [1.29, 1.82) is 0 Å². The second-order valence-corrected chi connectivity index (χ2v) is 10.6. The Morgan fingerprint density at radius 3 is 2.26 bits per heavy atom. The van der Waals surface area contributed by atoms with Gasteiger partial charge in [-0.2, -0.15) is 0 Å². The topological polar surface area (TPSA) is 30.7 Å². The third-order valence-electron chi connectivity index (χ3n) is 6.66. The van der Waals surface area contributed by atoms with Crippen molar-refractivity contribution in [3.05, 3.63) is 90.3 Å². The first-order valence-electron chi connectivity index (χ1n) is 11.9. The minimum absolute atomic E-state index is 0.388. The van der Waals surface area contributed by atoms with Crippen molar-refractivity contribution in [2.24, 2.45) is 0 Å². The van der Waals surface area contributed by atoms with Crippen LogP contribution in [-0.4, -0.2) is 14.5 Å². The highest BCUT2D eigenvalue weighted by Crippen LogP contribution is 2.39. The number of pyridine rings is 1. The first-order valence-corrected chi connectivity index (χ1v) is 12.7. The van der Waals surface area contributed by atoms with Gasteiger partial charge in [0.05, 0.1) is 22.9 Å². The van der Waals surface area contributed by atoms with E-state index in [9.17, 15) is 0 Å². The molecule has 0 atom stereocenters.